The predicted octanol–water partition coefficient (Wildman–Crippen LogP) is 5.42. The number of hydrogen-bond donors (Lipinski definition) is 1. The summed E-state index contributed by atoms with van der Waals surface area (Å²) in [5, 5.41) is 4.23. The molecule has 1 unspecified atom stereocenters. The Morgan fingerprint density at radius 1 is 1.24 bits per heavy atom. The van der Waals surface area contributed by atoms with Crippen LogP contribution in [0.1, 0.15) is 67.1 Å². The number of amides is 1. The summed E-state index contributed by atoms with van der Waals surface area (Å²) >= 11 is 1.80. The SMILES string of the molecule is COc1cccc(C(c2c(NC(C)=O)sc3c2CCCC3)N2CCC(C)CC2)c1. The minimum atomic E-state index is 0.0153. The molecule has 0 spiro atoms. The van der Waals surface area contributed by atoms with Crippen LogP contribution in [-0.4, -0.2) is 31.0 Å². The summed E-state index contributed by atoms with van der Waals surface area (Å²) in [4.78, 5) is 16.1. The molecule has 1 aromatic carbocycles. The zero-order chi connectivity index (χ0) is 20.4. The first-order chi connectivity index (χ1) is 14.1. The highest BCUT2D eigenvalue weighted by Crippen LogP contribution is 2.46. The molecule has 0 bridgehead atoms. The van der Waals surface area contributed by atoms with Gasteiger partial charge in [-0.05, 0) is 80.8 Å². The normalized spacial score (nSPS) is 18.9. The quantitative estimate of drug-likeness (QED) is 0.713. The van der Waals surface area contributed by atoms with Crippen molar-refractivity contribution in [1.82, 2.24) is 4.90 Å². The van der Waals surface area contributed by atoms with Gasteiger partial charge in [0.05, 0.1) is 13.2 Å². The number of anilines is 1. The smallest absolute Gasteiger partial charge is 0.221 e. The third-order valence-corrected chi connectivity index (χ3v) is 7.59. The van der Waals surface area contributed by atoms with Crippen LogP contribution in [0.5, 0.6) is 5.75 Å². The van der Waals surface area contributed by atoms with E-state index in [0.717, 1.165) is 42.6 Å². The van der Waals surface area contributed by atoms with E-state index < -0.39 is 0 Å². The van der Waals surface area contributed by atoms with E-state index in [-0.39, 0.29) is 11.9 Å². The second kappa shape index (κ2) is 8.88. The molecule has 1 aliphatic heterocycles. The number of hydrogen-bond acceptors (Lipinski definition) is 4. The van der Waals surface area contributed by atoms with E-state index >= 15 is 0 Å². The highest BCUT2D eigenvalue weighted by Gasteiger charge is 2.33. The number of benzene rings is 1. The molecular weight excluding hydrogens is 380 g/mol. The van der Waals surface area contributed by atoms with Crippen LogP contribution in [0.25, 0.3) is 0 Å². The van der Waals surface area contributed by atoms with Crippen molar-refractivity contribution in [2.24, 2.45) is 5.92 Å². The van der Waals surface area contributed by atoms with Crippen LogP contribution in [-0.2, 0) is 17.6 Å². The molecule has 1 fully saturated rings. The number of nitrogens with one attached hydrogen (secondary N) is 1. The highest BCUT2D eigenvalue weighted by atomic mass is 32.1. The molecule has 2 heterocycles. The van der Waals surface area contributed by atoms with Crippen molar-refractivity contribution in [2.75, 3.05) is 25.5 Å². The second-order valence-electron chi connectivity index (χ2n) is 8.53. The summed E-state index contributed by atoms with van der Waals surface area (Å²) in [6.45, 7) is 6.15. The summed E-state index contributed by atoms with van der Waals surface area (Å²) in [5.74, 6) is 1.69. The lowest BCUT2D eigenvalue weighted by molar-refractivity contribution is -0.114. The van der Waals surface area contributed by atoms with Crippen molar-refractivity contribution >= 4 is 22.2 Å². The fraction of sp³-hybridized carbons (Fsp3) is 0.542. The number of likely N-dealkylation sites (tertiary alicyclic amines) is 1. The highest BCUT2D eigenvalue weighted by molar-refractivity contribution is 7.16. The van der Waals surface area contributed by atoms with E-state index in [4.69, 9.17) is 4.74 Å². The summed E-state index contributed by atoms with van der Waals surface area (Å²) in [5.41, 5.74) is 4.08. The summed E-state index contributed by atoms with van der Waals surface area (Å²) in [7, 11) is 1.73. The van der Waals surface area contributed by atoms with Gasteiger partial charge in [-0.25, -0.2) is 0 Å². The second-order valence-corrected chi connectivity index (χ2v) is 9.64. The number of fused-ring (bicyclic) bond motifs is 1. The van der Waals surface area contributed by atoms with Gasteiger partial charge in [0.1, 0.15) is 10.8 Å². The van der Waals surface area contributed by atoms with Crippen LogP contribution in [0.3, 0.4) is 0 Å². The van der Waals surface area contributed by atoms with Crippen molar-refractivity contribution in [3.05, 3.63) is 45.8 Å². The van der Waals surface area contributed by atoms with Crippen LogP contribution in [0.2, 0.25) is 0 Å². The van der Waals surface area contributed by atoms with Crippen molar-refractivity contribution in [1.29, 1.82) is 0 Å². The molecule has 4 nitrogen and oxygen atoms in total. The van der Waals surface area contributed by atoms with Crippen molar-refractivity contribution in [2.45, 2.75) is 58.4 Å². The van der Waals surface area contributed by atoms with Gasteiger partial charge in [-0.1, -0.05) is 19.1 Å². The maximum Gasteiger partial charge on any atom is 0.221 e. The molecule has 1 atom stereocenters. The Morgan fingerprint density at radius 3 is 2.72 bits per heavy atom. The number of methoxy groups -OCH3 is 1. The van der Waals surface area contributed by atoms with Gasteiger partial charge in [-0.3, -0.25) is 9.69 Å². The topological polar surface area (TPSA) is 41.6 Å². The standard InChI is InChI=1S/C24H32N2O2S/c1-16-11-13-26(14-12-16)23(18-7-6-8-19(15-18)28-3)22-20-9-4-5-10-21(20)29-24(22)25-17(2)27/h6-8,15-16,23H,4-5,9-14H2,1-3H3,(H,25,27). The maximum absolute atomic E-state index is 12.0. The Bertz CT molecular complexity index is 868. The molecule has 1 aromatic heterocycles. The zero-order valence-electron chi connectivity index (χ0n) is 17.8. The van der Waals surface area contributed by atoms with Gasteiger partial charge in [0, 0.05) is 17.4 Å². The Hall–Kier alpha value is -1.85. The fourth-order valence-electron chi connectivity index (χ4n) is 4.79. The average Bonchev–Trinajstić information content (AvgIpc) is 3.07. The lowest BCUT2D eigenvalue weighted by Gasteiger charge is -2.38. The van der Waals surface area contributed by atoms with Crippen LogP contribution < -0.4 is 10.1 Å². The summed E-state index contributed by atoms with van der Waals surface area (Å²) in [6.07, 6.45) is 7.18. The molecular formula is C24H32N2O2S. The number of thiophene rings is 1. The molecule has 1 N–H and O–H groups in total. The van der Waals surface area contributed by atoms with E-state index in [2.05, 4.69) is 35.3 Å². The molecule has 0 radical (unpaired) electrons. The van der Waals surface area contributed by atoms with E-state index in [1.165, 1.54) is 47.3 Å². The lowest BCUT2D eigenvalue weighted by Crippen LogP contribution is -2.37. The largest absolute Gasteiger partial charge is 0.497 e. The van der Waals surface area contributed by atoms with Gasteiger partial charge >= 0.3 is 0 Å². The Kier molecular flexibility index (Phi) is 6.26. The molecule has 1 saturated heterocycles. The van der Waals surface area contributed by atoms with Crippen LogP contribution >= 0.6 is 11.3 Å². The first-order valence-electron chi connectivity index (χ1n) is 10.9. The van der Waals surface area contributed by atoms with Crippen molar-refractivity contribution in [3.63, 3.8) is 0 Å². The van der Waals surface area contributed by atoms with Gasteiger partial charge in [-0.15, -0.1) is 11.3 Å². The molecule has 2 aromatic rings. The zero-order valence-corrected chi connectivity index (χ0v) is 18.6. The molecule has 2 aliphatic rings. The summed E-state index contributed by atoms with van der Waals surface area (Å²) < 4.78 is 5.55. The molecule has 29 heavy (non-hydrogen) atoms. The third-order valence-electron chi connectivity index (χ3n) is 6.37. The van der Waals surface area contributed by atoms with Gasteiger partial charge in [0.15, 0.2) is 0 Å². The van der Waals surface area contributed by atoms with Crippen LogP contribution in [0, 0.1) is 5.92 Å². The molecule has 4 rings (SSSR count). The minimum absolute atomic E-state index is 0.0153. The number of carbonyl (C=O) groups excluding carboxylic acids is 1. The number of ether oxygens (including phenoxy) is 1. The van der Waals surface area contributed by atoms with E-state index in [1.807, 2.05) is 6.07 Å². The van der Waals surface area contributed by atoms with Crippen LogP contribution in [0.15, 0.2) is 24.3 Å². The van der Waals surface area contributed by atoms with E-state index in [0.29, 0.717) is 0 Å². The van der Waals surface area contributed by atoms with E-state index in [9.17, 15) is 4.79 Å². The Labute approximate surface area is 178 Å². The van der Waals surface area contributed by atoms with E-state index in [1.54, 1.807) is 25.4 Å². The predicted molar refractivity (Wildman–Crippen MR) is 120 cm³/mol. The summed E-state index contributed by atoms with van der Waals surface area (Å²) in [6, 6.07) is 8.65. The molecule has 1 amide bonds. The number of piperidine rings is 1. The van der Waals surface area contributed by atoms with Gasteiger partial charge < -0.3 is 10.1 Å². The van der Waals surface area contributed by atoms with Gasteiger partial charge in [0.2, 0.25) is 5.91 Å². The molecule has 156 valence electrons. The van der Waals surface area contributed by atoms with Crippen molar-refractivity contribution in [3.8, 4) is 5.75 Å². The number of carbonyl (C=O) groups is 1. The molecule has 1 aliphatic carbocycles. The number of rotatable bonds is 5. The molecule has 5 heteroatoms. The Morgan fingerprint density at radius 2 is 2.00 bits per heavy atom. The number of nitrogens with zero attached hydrogens (tertiary/aromatic N) is 1. The van der Waals surface area contributed by atoms with Gasteiger partial charge in [0.25, 0.3) is 0 Å². The number of aryl methyl sites for hydroxylation is 1. The average molecular weight is 413 g/mol. The van der Waals surface area contributed by atoms with Crippen LogP contribution in [0.4, 0.5) is 5.00 Å². The lowest BCUT2D eigenvalue weighted by atomic mass is 9.87. The minimum Gasteiger partial charge on any atom is -0.497 e. The van der Waals surface area contributed by atoms with Crippen molar-refractivity contribution < 1.29 is 9.53 Å². The van der Waals surface area contributed by atoms with Gasteiger partial charge in [-0.2, -0.15) is 0 Å². The fourth-order valence-corrected chi connectivity index (χ4v) is 6.16. The maximum atomic E-state index is 12.0. The third kappa shape index (κ3) is 4.36. The first kappa shape index (κ1) is 20.4. The Balaban J connectivity index is 1.84. The molecule has 0 saturated carbocycles. The first-order valence-corrected chi connectivity index (χ1v) is 11.7. The monoisotopic (exact) mass is 412 g/mol.